The van der Waals surface area contributed by atoms with Gasteiger partial charge in [-0.15, -0.1) is 0 Å². The molecule has 0 aromatic carbocycles. The maximum atomic E-state index is 11.8. The van der Waals surface area contributed by atoms with E-state index in [1.165, 1.54) is 0 Å². The van der Waals surface area contributed by atoms with E-state index in [0.29, 0.717) is 17.4 Å². The molecule has 1 aromatic rings. The van der Waals surface area contributed by atoms with Gasteiger partial charge in [0, 0.05) is 17.7 Å². The Kier molecular flexibility index (Phi) is 5.71. The predicted molar refractivity (Wildman–Crippen MR) is 61.7 cm³/mol. The van der Waals surface area contributed by atoms with Gasteiger partial charge in [-0.3, -0.25) is 0 Å². The molecule has 96 valence electrons. The van der Waals surface area contributed by atoms with E-state index in [2.05, 4.69) is 9.97 Å². The second kappa shape index (κ2) is 6.81. The summed E-state index contributed by atoms with van der Waals surface area (Å²) in [6, 6.07) is 0. The normalized spacial score (nSPS) is 11.2. The zero-order chi connectivity index (χ0) is 12.8. The van der Waals surface area contributed by atoms with Crippen molar-refractivity contribution in [3.63, 3.8) is 0 Å². The monoisotopic (exact) mass is 264 g/mol. The van der Waals surface area contributed by atoms with Crippen molar-refractivity contribution < 1.29 is 13.5 Å². The van der Waals surface area contributed by atoms with Gasteiger partial charge in [0.15, 0.2) is 0 Å². The fourth-order valence-electron chi connectivity index (χ4n) is 1.47. The van der Waals surface area contributed by atoms with Gasteiger partial charge in [0.2, 0.25) is 0 Å². The second-order valence-corrected chi connectivity index (χ2v) is 3.92. The minimum Gasteiger partial charge on any atom is -0.375 e. The van der Waals surface area contributed by atoms with Gasteiger partial charge in [0.05, 0.1) is 6.61 Å². The van der Waals surface area contributed by atoms with E-state index >= 15 is 0 Å². The average molecular weight is 265 g/mol. The lowest BCUT2D eigenvalue weighted by Gasteiger charge is -2.08. The first-order chi connectivity index (χ1) is 8.04. The van der Waals surface area contributed by atoms with E-state index in [4.69, 9.17) is 16.3 Å². The average Bonchev–Trinajstić information content (AvgIpc) is 2.24. The summed E-state index contributed by atoms with van der Waals surface area (Å²) in [5.74, 6) is 0.527. The summed E-state index contributed by atoms with van der Waals surface area (Å²) in [5, 5.41) is 0.434. The third-order valence-corrected chi connectivity index (χ3v) is 2.59. The molecular formula is C11H15ClF2N2O. The van der Waals surface area contributed by atoms with E-state index in [9.17, 15) is 8.78 Å². The first-order valence-electron chi connectivity index (χ1n) is 5.42. The summed E-state index contributed by atoms with van der Waals surface area (Å²) < 4.78 is 28.4. The second-order valence-electron chi connectivity index (χ2n) is 3.56. The molecule has 6 heteroatoms. The van der Waals surface area contributed by atoms with Gasteiger partial charge in [-0.1, -0.05) is 18.5 Å². The lowest BCUT2D eigenvalue weighted by Crippen LogP contribution is -2.10. The standard InChI is InChI=1S/C11H15ClF2N2O/c1-3-8-7(2)15-10(16-11(8)12)4-5-17-6-9(13)14/h9H,3-6H2,1-2H3. The SMILES string of the molecule is CCc1c(C)nc(CCOCC(F)F)nc1Cl. The fourth-order valence-corrected chi connectivity index (χ4v) is 1.83. The Labute approximate surface area is 104 Å². The number of hydrogen-bond acceptors (Lipinski definition) is 3. The number of alkyl halides is 2. The van der Waals surface area contributed by atoms with Gasteiger partial charge >= 0.3 is 0 Å². The lowest BCUT2D eigenvalue weighted by molar-refractivity contribution is 0.0182. The molecule has 1 rings (SSSR count). The third-order valence-electron chi connectivity index (χ3n) is 2.28. The fraction of sp³-hybridized carbons (Fsp3) is 0.636. The van der Waals surface area contributed by atoms with E-state index < -0.39 is 13.0 Å². The topological polar surface area (TPSA) is 35.0 Å². The van der Waals surface area contributed by atoms with Crippen LogP contribution in [0.2, 0.25) is 5.15 Å². The quantitative estimate of drug-likeness (QED) is 0.585. The summed E-state index contributed by atoms with van der Waals surface area (Å²) >= 11 is 5.99. The van der Waals surface area contributed by atoms with E-state index in [1.807, 2.05) is 13.8 Å². The summed E-state index contributed by atoms with van der Waals surface area (Å²) in [5.41, 5.74) is 1.75. The van der Waals surface area contributed by atoms with Crippen LogP contribution in [0.5, 0.6) is 0 Å². The zero-order valence-electron chi connectivity index (χ0n) is 9.84. The minimum absolute atomic E-state index is 0.172. The van der Waals surface area contributed by atoms with Crippen LogP contribution in [0, 0.1) is 6.92 Å². The van der Waals surface area contributed by atoms with Crippen molar-refractivity contribution in [2.45, 2.75) is 33.1 Å². The van der Waals surface area contributed by atoms with Crippen molar-refractivity contribution in [1.29, 1.82) is 0 Å². The number of aryl methyl sites for hydroxylation is 1. The highest BCUT2D eigenvalue weighted by atomic mass is 35.5. The minimum atomic E-state index is -2.44. The van der Waals surface area contributed by atoms with Crippen LogP contribution in [-0.2, 0) is 17.6 Å². The molecule has 0 unspecified atom stereocenters. The highest BCUT2D eigenvalue weighted by Gasteiger charge is 2.08. The van der Waals surface area contributed by atoms with Crippen LogP contribution in [0.1, 0.15) is 24.0 Å². The number of hydrogen-bond donors (Lipinski definition) is 0. The number of rotatable bonds is 6. The van der Waals surface area contributed by atoms with E-state index in [0.717, 1.165) is 17.7 Å². The maximum absolute atomic E-state index is 11.8. The van der Waals surface area contributed by atoms with Crippen LogP contribution in [-0.4, -0.2) is 29.6 Å². The van der Waals surface area contributed by atoms with E-state index in [1.54, 1.807) is 0 Å². The lowest BCUT2D eigenvalue weighted by atomic mass is 10.2. The van der Waals surface area contributed by atoms with Gasteiger partial charge in [-0.25, -0.2) is 18.7 Å². The first kappa shape index (κ1) is 14.3. The van der Waals surface area contributed by atoms with Gasteiger partial charge in [-0.2, -0.15) is 0 Å². The molecule has 17 heavy (non-hydrogen) atoms. The van der Waals surface area contributed by atoms with Crippen molar-refractivity contribution in [3.05, 3.63) is 22.2 Å². The summed E-state index contributed by atoms with van der Waals surface area (Å²) in [4.78, 5) is 8.37. The molecule has 0 aliphatic heterocycles. The zero-order valence-corrected chi connectivity index (χ0v) is 10.6. The van der Waals surface area contributed by atoms with Gasteiger partial charge in [-0.05, 0) is 13.3 Å². The maximum Gasteiger partial charge on any atom is 0.261 e. The van der Waals surface area contributed by atoms with Crippen LogP contribution in [0.3, 0.4) is 0 Å². The highest BCUT2D eigenvalue weighted by molar-refractivity contribution is 6.30. The van der Waals surface area contributed by atoms with Gasteiger partial charge in [0.1, 0.15) is 17.6 Å². The number of ether oxygens (including phenoxy) is 1. The molecule has 0 bridgehead atoms. The number of aromatic nitrogens is 2. The molecule has 0 N–H and O–H groups in total. The van der Waals surface area contributed by atoms with Crippen molar-refractivity contribution in [1.82, 2.24) is 9.97 Å². The molecule has 1 aromatic heterocycles. The molecule has 0 saturated heterocycles. The van der Waals surface area contributed by atoms with Crippen molar-refractivity contribution in [2.75, 3.05) is 13.2 Å². The third kappa shape index (κ3) is 4.52. The highest BCUT2D eigenvalue weighted by Crippen LogP contribution is 2.16. The van der Waals surface area contributed by atoms with E-state index in [-0.39, 0.29) is 6.61 Å². The van der Waals surface area contributed by atoms with Crippen LogP contribution < -0.4 is 0 Å². The molecule has 0 aliphatic rings. The molecule has 0 aliphatic carbocycles. The molecule has 0 atom stereocenters. The van der Waals surface area contributed by atoms with Crippen molar-refractivity contribution in [2.24, 2.45) is 0 Å². The molecule has 3 nitrogen and oxygen atoms in total. The van der Waals surface area contributed by atoms with Crippen LogP contribution >= 0.6 is 11.6 Å². The Morgan fingerprint density at radius 2 is 2.06 bits per heavy atom. The Bertz CT molecular complexity index is 351. The predicted octanol–water partition coefficient (Wildman–Crippen LogP) is 2.83. The molecule has 0 saturated carbocycles. The van der Waals surface area contributed by atoms with Gasteiger partial charge in [0.25, 0.3) is 6.43 Å². The largest absolute Gasteiger partial charge is 0.375 e. The van der Waals surface area contributed by atoms with Gasteiger partial charge < -0.3 is 4.74 Å². The van der Waals surface area contributed by atoms with Crippen LogP contribution in [0.4, 0.5) is 8.78 Å². The molecule has 1 heterocycles. The number of halogens is 3. The van der Waals surface area contributed by atoms with Crippen LogP contribution in [0.15, 0.2) is 0 Å². The molecule has 0 spiro atoms. The smallest absolute Gasteiger partial charge is 0.261 e. The summed E-state index contributed by atoms with van der Waals surface area (Å²) in [6.07, 6.45) is -1.28. The van der Waals surface area contributed by atoms with Crippen molar-refractivity contribution in [3.8, 4) is 0 Å². The van der Waals surface area contributed by atoms with Crippen molar-refractivity contribution >= 4 is 11.6 Å². The summed E-state index contributed by atoms with van der Waals surface area (Å²) in [7, 11) is 0. The Morgan fingerprint density at radius 1 is 1.35 bits per heavy atom. The number of nitrogens with zero attached hydrogens (tertiary/aromatic N) is 2. The Hall–Kier alpha value is -0.810. The Morgan fingerprint density at radius 3 is 2.59 bits per heavy atom. The first-order valence-corrected chi connectivity index (χ1v) is 5.80. The molecule has 0 radical (unpaired) electrons. The Balaban J connectivity index is 2.55. The molecular weight excluding hydrogens is 250 g/mol. The van der Waals surface area contributed by atoms with Crippen LogP contribution in [0.25, 0.3) is 0 Å². The summed E-state index contributed by atoms with van der Waals surface area (Å²) in [6.45, 7) is 3.45. The molecule has 0 fully saturated rings. The molecule has 0 amide bonds.